The molecule has 2 heterocycles. The third-order valence-electron chi connectivity index (χ3n) is 6.03. The standard InChI is InChI=1S/C22H35F3N4O3/c1-5-7-16(9-8-14(3)6-2)29-11-10-18(21(29)31)32-13-15(4)27-17-12-26-28-20(30)19(17)22(23,24)25/h12,14-16,18H,5-11,13H2,1-4H3,(H2,27,28,30)/t14?,15-,16?,18+/m0/s1. The number of hydrogen-bond donors (Lipinski definition) is 2. The number of aromatic amines is 1. The monoisotopic (exact) mass is 460 g/mol. The van der Waals surface area contributed by atoms with Gasteiger partial charge in [0.1, 0.15) is 11.7 Å². The second-order valence-corrected chi connectivity index (χ2v) is 8.71. The molecule has 0 spiro atoms. The lowest BCUT2D eigenvalue weighted by Crippen LogP contribution is -2.40. The lowest BCUT2D eigenvalue weighted by Gasteiger charge is -2.29. The SMILES string of the molecule is CCCC(CCC(C)CC)N1CC[C@@H](OC[C@H](C)Nc2cn[nH]c(=O)c2C(F)(F)F)C1=O. The Morgan fingerprint density at radius 1 is 1.25 bits per heavy atom. The predicted octanol–water partition coefficient (Wildman–Crippen LogP) is 4.20. The summed E-state index contributed by atoms with van der Waals surface area (Å²) in [6.07, 6.45) is 1.17. The molecule has 1 amide bonds. The van der Waals surface area contributed by atoms with Gasteiger partial charge in [-0.15, -0.1) is 0 Å². The molecule has 4 atom stereocenters. The molecule has 2 N–H and O–H groups in total. The van der Waals surface area contributed by atoms with Crippen LogP contribution in [0.15, 0.2) is 11.0 Å². The number of ether oxygens (including phenoxy) is 1. The van der Waals surface area contributed by atoms with Crippen LogP contribution in [0.5, 0.6) is 0 Å². The summed E-state index contributed by atoms with van der Waals surface area (Å²) in [4.78, 5) is 26.4. The highest BCUT2D eigenvalue weighted by molar-refractivity contribution is 5.83. The highest BCUT2D eigenvalue weighted by Gasteiger charge is 2.38. The Morgan fingerprint density at radius 2 is 1.97 bits per heavy atom. The number of H-pyrrole nitrogens is 1. The molecule has 0 saturated carbocycles. The van der Waals surface area contributed by atoms with E-state index in [9.17, 15) is 22.8 Å². The molecule has 0 radical (unpaired) electrons. The number of nitrogens with zero attached hydrogens (tertiary/aromatic N) is 2. The predicted molar refractivity (Wildman–Crippen MR) is 116 cm³/mol. The second-order valence-electron chi connectivity index (χ2n) is 8.71. The molecule has 1 aliphatic heterocycles. The van der Waals surface area contributed by atoms with Gasteiger partial charge in [-0.1, -0.05) is 33.6 Å². The number of carbonyl (C=O) groups excluding carboxylic acids is 1. The number of halogens is 3. The van der Waals surface area contributed by atoms with E-state index in [1.54, 1.807) is 12.0 Å². The first kappa shape index (κ1) is 26.2. The zero-order valence-corrected chi connectivity index (χ0v) is 19.3. The van der Waals surface area contributed by atoms with Gasteiger partial charge < -0.3 is 15.0 Å². The number of rotatable bonds is 12. The quantitative estimate of drug-likeness (QED) is 0.488. The smallest absolute Gasteiger partial charge is 0.378 e. The molecule has 182 valence electrons. The van der Waals surface area contributed by atoms with Crippen LogP contribution in [0.1, 0.15) is 71.8 Å². The minimum atomic E-state index is -4.81. The number of nitrogens with one attached hydrogen (secondary N) is 2. The minimum absolute atomic E-state index is 0.0274. The van der Waals surface area contributed by atoms with Crippen molar-refractivity contribution in [1.82, 2.24) is 15.1 Å². The number of likely N-dealkylation sites (tertiary alicyclic amines) is 1. The van der Waals surface area contributed by atoms with E-state index in [2.05, 4.69) is 31.2 Å². The van der Waals surface area contributed by atoms with Gasteiger partial charge in [-0.05, 0) is 32.1 Å². The van der Waals surface area contributed by atoms with Crippen LogP contribution in [0.2, 0.25) is 0 Å². The summed E-state index contributed by atoms with van der Waals surface area (Å²) in [5.74, 6) is 0.570. The molecular weight excluding hydrogens is 425 g/mol. The summed E-state index contributed by atoms with van der Waals surface area (Å²) >= 11 is 0. The number of amides is 1. The van der Waals surface area contributed by atoms with Crippen LogP contribution in [0, 0.1) is 5.92 Å². The number of alkyl halides is 3. The first-order valence-electron chi connectivity index (χ1n) is 11.4. The van der Waals surface area contributed by atoms with Crippen molar-refractivity contribution in [2.75, 3.05) is 18.5 Å². The van der Waals surface area contributed by atoms with Crippen LogP contribution in [0.4, 0.5) is 18.9 Å². The van der Waals surface area contributed by atoms with Crippen molar-refractivity contribution < 1.29 is 22.7 Å². The van der Waals surface area contributed by atoms with Crippen molar-refractivity contribution in [1.29, 1.82) is 0 Å². The van der Waals surface area contributed by atoms with Crippen molar-refractivity contribution >= 4 is 11.6 Å². The van der Waals surface area contributed by atoms with Crippen molar-refractivity contribution in [3.63, 3.8) is 0 Å². The molecular formula is C22H35F3N4O3. The van der Waals surface area contributed by atoms with E-state index in [1.165, 1.54) is 0 Å². The molecule has 1 aromatic rings. The molecule has 10 heteroatoms. The molecule has 0 bridgehead atoms. The zero-order valence-electron chi connectivity index (χ0n) is 19.3. The Kier molecular flexibility index (Phi) is 9.54. The van der Waals surface area contributed by atoms with Gasteiger partial charge in [-0.25, -0.2) is 5.10 Å². The molecule has 32 heavy (non-hydrogen) atoms. The molecule has 1 aliphatic rings. The fraction of sp³-hybridized carbons (Fsp3) is 0.773. The van der Waals surface area contributed by atoms with E-state index in [0.717, 1.165) is 38.3 Å². The van der Waals surface area contributed by atoms with Crippen molar-refractivity contribution in [2.24, 2.45) is 5.92 Å². The van der Waals surface area contributed by atoms with Gasteiger partial charge in [0.05, 0.1) is 18.5 Å². The Balaban J connectivity index is 1.94. The number of aromatic nitrogens is 2. The summed E-state index contributed by atoms with van der Waals surface area (Å²) in [6, 6.07) is -0.361. The molecule has 0 aromatic carbocycles. The van der Waals surface area contributed by atoms with E-state index in [4.69, 9.17) is 4.74 Å². The number of anilines is 1. The van der Waals surface area contributed by atoms with Crippen molar-refractivity contribution in [3.8, 4) is 0 Å². The van der Waals surface area contributed by atoms with E-state index in [1.807, 2.05) is 4.90 Å². The Bertz CT molecular complexity index is 799. The lowest BCUT2D eigenvalue weighted by atomic mass is 9.96. The molecule has 0 aliphatic carbocycles. The maximum absolute atomic E-state index is 13.2. The highest BCUT2D eigenvalue weighted by Crippen LogP contribution is 2.31. The summed E-state index contributed by atoms with van der Waals surface area (Å²) in [5.41, 5.74) is -3.05. The first-order chi connectivity index (χ1) is 15.1. The van der Waals surface area contributed by atoms with E-state index in [0.29, 0.717) is 18.9 Å². The first-order valence-corrected chi connectivity index (χ1v) is 11.4. The normalized spacial score (nSPS) is 19.8. The average Bonchev–Trinajstić information content (AvgIpc) is 3.08. The lowest BCUT2D eigenvalue weighted by molar-refractivity contribution is -0.139. The summed E-state index contributed by atoms with van der Waals surface area (Å²) < 4.78 is 45.3. The van der Waals surface area contributed by atoms with Crippen molar-refractivity contribution in [3.05, 3.63) is 22.1 Å². The van der Waals surface area contributed by atoms with Gasteiger partial charge in [0.2, 0.25) is 0 Å². The highest BCUT2D eigenvalue weighted by atomic mass is 19.4. The molecule has 1 saturated heterocycles. The maximum Gasteiger partial charge on any atom is 0.423 e. The van der Waals surface area contributed by atoms with Gasteiger partial charge in [-0.3, -0.25) is 9.59 Å². The molecule has 1 fully saturated rings. The largest absolute Gasteiger partial charge is 0.423 e. The van der Waals surface area contributed by atoms with Crippen LogP contribution in [0.25, 0.3) is 0 Å². The summed E-state index contributed by atoms with van der Waals surface area (Å²) in [7, 11) is 0. The molecule has 2 rings (SSSR count). The van der Waals surface area contributed by atoms with Gasteiger partial charge >= 0.3 is 6.18 Å². The fourth-order valence-corrected chi connectivity index (χ4v) is 4.02. The summed E-state index contributed by atoms with van der Waals surface area (Å²) in [5, 5.41) is 7.88. The van der Waals surface area contributed by atoms with Crippen molar-refractivity contribution in [2.45, 2.75) is 90.6 Å². The number of carbonyl (C=O) groups is 1. The van der Waals surface area contributed by atoms with Gasteiger partial charge in [-0.2, -0.15) is 18.3 Å². The Morgan fingerprint density at radius 3 is 2.59 bits per heavy atom. The topological polar surface area (TPSA) is 87.3 Å². The summed E-state index contributed by atoms with van der Waals surface area (Å²) in [6.45, 7) is 8.78. The number of hydrogen-bond acceptors (Lipinski definition) is 5. The van der Waals surface area contributed by atoms with Crippen LogP contribution in [-0.4, -0.2) is 52.3 Å². The third-order valence-corrected chi connectivity index (χ3v) is 6.03. The molecule has 7 nitrogen and oxygen atoms in total. The van der Waals surface area contributed by atoms with Gasteiger partial charge in [0.25, 0.3) is 11.5 Å². The van der Waals surface area contributed by atoms with Crippen LogP contribution >= 0.6 is 0 Å². The maximum atomic E-state index is 13.2. The van der Waals surface area contributed by atoms with Crippen LogP contribution in [0.3, 0.4) is 0 Å². The average molecular weight is 461 g/mol. The molecule has 1 aromatic heterocycles. The van der Waals surface area contributed by atoms with Gasteiger partial charge in [0, 0.05) is 25.0 Å². The van der Waals surface area contributed by atoms with E-state index < -0.39 is 35.1 Å². The second kappa shape index (κ2) is 11.7. The Hall–Kier alpha value is -2.10. The van der Waals surface area contributed by atoms with Crippen LogP contribution in [-0.2, 0) is 15.7 Å². The van der Waals surface area contributed by atoms with E-state index in [-0.39, 0.29) is 18.6 Å². The third kappa shape index (κ3) is 6.95. The Labute approximate surface area is 187 Å². The fourth-order valence-electron chi connectivity index (χ4n) is 4.02. The van der Waals surface area contributed by atoms with E-state index >= 15 is 0 Å². The molecule has 2 unspecified atom stereocenters. The van der Waals surface area contributed by atoms with Crippen LogP contribution < -0.4 is 10.9 Å². The zero-order chi connectivity index (χ0) is 23.9. The van der Waals surface area contributed by atoms with Gasteiger partial charge in [0.15, 0.2) is 0 Å². The minimum Gasteiger partial charge on any atom is -0.378 e.